The first-order valence-electron chi connectivity index (χ1n) is 7.27. The number of pyridine rings is 1. The topological polar surface area (TPSA) is 12.9 Å². The minimum absolute atomic E-state index is 0.333. The van der Waals surface area contributed by atoms with Gasteiger partial charge in [-0.1, -0.05) is 0 Å². The molecule has 0 fully saturated rings. The molecule has 0 amide bonds. The van der Waals surface area contributed by atoms with E-state index < -0.39 is 18.4 Å². The second-order valence-corrected chi connectivity index (χ2v) is 27.3. The molecule has 1 aromatic rings. The summed E-state index contributed by atoms with van der Waals surface area (Å²) in [5, 5.41) is 0. The van der Waals surface area contributed by atoms with Crippen molar-refractivity contribution in [1.29, 1.82) is 0 Å². The Bertz CT molecular complexity index is 379. The van der Waals surface area contributed by atoms with Crippen LogP contribution in [0, 0.1) is 0 Å². The summed E-state index contributed by atoms with van der Waals surface area (Å²) in [6.07, 6.45) is 1.98. The van der Waals surface area contributed by atoms with Gasteiger partial charge in [-0.3, -0.25) is 0 Å². The van der Waals surface area contributed by atoms with E-state index in [9.17, 15) is 0 Å². The molecule has 0 saturated heterocycles. The van der Waals surface area contributed by atoms with Gasteiger partial charge in [0.2, 0.25) is 0 Å². The molecule has 2 heteroatoms. The van der Waals surface area contributed by atoms with Gasteiger partial charge in [0.15, 0.2) is 0 Å². The SMILES string of the molecule is C[C](C)(C)[Sn]([c]1ccccn1)([C](C)(C)C)[C](C)(C)C. The molecule has 0 radical (unpaired) electrons. The standard InChI is InChI=1S/C5H4N.3C4H9.Sn/c1-2-4-6-5-3-1;3*1-4(2)3;/h1-4H;3*1-3H3;. The number of hydrogen-bond donors (Lipinski definition) is 0. The predicted molar refractivity (Wildman–Crippen MR) is 88.8 cm³/mol. The summed E-state index contributed by atoms with van der Waals surface area (Å²) < 4.78 is 2.42. The van der Waals surface area contributed by atoms with E-state index in [-0.39, 0.29) is 0 Å². The number of nitrogens with zero attached hydrogens (tertiary/aromatic N) is 1. The fraction of sp³-hybridized carbons (Fsp3) is 0.706. The molecular weight excluding hydrogens is 337 g/mol. The Labute approximate surface area is 124 Å². The van der Waals surface area contributed by atoms with Crippen molar-refractivity contribution in [3.05, 3.63) is 24.4 Å². The van der Waals surface area contributed by atoms with Gasteiger partial charge in [0.05, 0.1) is 0 Å². The van der Waals surface area contributed by atoms with E-state index in [1.165, 1.54) is 3.71 Å². The van der Waals surface area contributed by atoms with Crippen LogP contribution in [0.2, 0.25) is 10.3 Å². The number of hydrogen-bond acceptors (Lipinski definition) is 1. The van der Waals surface area contributed by atoms with Crippen LogP contribution >= 0.6 is 0 Å². The van der Waals surface area contributed by atoms with Crippen LogP contribution in [0.3, 0.4) is 0 Å². The van der Waals surface area contributed by atoms with Crippen molar-refractivity contribution >= 4 is 22.1 Å². The van der Waals surface area contributed by atoms with Crippen LogP contribution in [-0.4, -0.2) is 23.4 Å². The first-order chi connectivity index (χ1) is 8.36. The Morgan fingerprint density at radius 3 is 1.42 bits per heavy atom. The Balaban J connectivity index is 3.76. The van der Waals surface area contributed by atoms with Gasteiger partial charge in [-0.25, -0.2) is 0 Å². The van der Waals surface area contributed by atoms with Crippen LogP contribution in [-0.2, 0) is 0 Å². The van der Waals surface area contributed by atoms with E-state index in [0.29, 0.717) is 10.3 Å². The van der Waals surface area contributed by atoms with Crippen LogP contribution in [0.5, 0.6) is 0 Å². The third kappa shape index (κ3) is 2.72. The maximum atomic E-state index is 4.84. The van der Waals surface area contributed by atoms with Gasteiger partial charge < -0.3 is 0 Å². The summed E-state index contributed by atoms with van der Waals surface area (Å²) in [7, 11) is 0. The molecule has 0 bridgehead atoms. The Kier molecular flexibility index (Phi) is 4.52. The number of rotatable bonds is 1. The van der Waals surface area contributed by atoms with E-state index in [1.54, 1.807) is 0 Å². The van der Waals surface area contributed by atoms with E-state index in [2.05, 4.69) is 74.4 Å². The Hall–Kier alpha value is -0.0513. The first kappa shape index (κ1) is 17.0. The molecule has 1 aromatic heterocycles. The molecule has 0 atom stereocenters. The van der Waals surface area contributed by atoms with Gasteiger partial charge in [-0.15, -0.1) is 0 Å². The second-order valence-electron chi connectivity index (χ2n) is 8.71. The van der Waals surface area contributed by atoms with Crippen LogP contribution in [0.4, 0.5) is 0 Å². The van der Waals surface area contributed by atoms with Gasteiger partial charge >= 0.3 is 124 Å². The maximum absolute atomic E-state index is 4.84. The van der Waals surface area contributed by atoms with Crippen LogP contribution in [0.25, 0.3) is 0 Å². The fourth-order valence-electron chi connectivity index (χ4n) is 5.11. The summed E-state index contributed by atoms with van der Waals surface area (Å²) in [5.41, 5.74) is 0. The zero-order chi connectivity index (χ0) is 15.1. The molecule has 1 rings (SSSR count). The van der Waals surface area contributed by atoms with Gasteiger partial charge in [-0.2, -0.15) is 0 Å². The van der Waals surface area contributed by atoms with E-state index in [4.69, 9.17) is 4.98 Å². The quantitative estimate of drug-likeness (QED) is 0.626. The molecule has 0 aromatic carbocycles. The second kappa shape index (κ2) is 5.05. The van der Waals surface area contributed by atoms with E-state index in [0.717, 1.165) is 0 Å². The molecule has 19 heavy (non-hydrogen) atoms. The van der Waals surface area contributed by atoms with Gasteiger partial charge in [0.25, 0.3) is 0 Å². The summed E-state index contributed by atoms with van der Waals surface area (Å²) in [6, 6.07) is 6.49. The van der Waals surface area contributed by atoms with E-state index in [1.807, 2.05) is 12.3 Å². The zero-order valence-electron chi connectivity index (χ0n) is 14.3. The third-order valence-corrected chi connectivity index (χ3v) is 26.7. The molecule has 0 saturated carbocycles. The first-order valence-corrected chi connectivity index (χ1v) is 13.0. The Morgan fingerprint density at radius 2 is 1.16 bits per heavy atom. The molecule has 0 aliphatic heterocycles. The van der Waals surface area contributed by atoms with Crippen molar-refractivity contribution in [3.63, 3.8) is 0 Å². The van der Waals surface area contributed by atoms with Crippen molar-refractivity contribution in [1.82, 2.24) is 4.98 Å². The third-order valence-electron chi connectivity index (χ3n) is 4.42. The van der Waals surface area contributed by atoms with Crippen LogP contribution < -0.4 is 3.71 Å². The molecular formula is C17H31NSn. The fourth-order valence-corrected chi connectivity index (χ4v) is 32.7. The van der Waals surface area contributed by atoms with Crippen molar-refractivity contribution in [2.75, 3.05) is 0 Å². The van der Waals surface area contributed by atoms with Crippen molar-refractivity contribution in [2.24, 2.45) is 0 Å². The molecule has 0 aliphatic carbocycles. The average Bonchev–Trinajstić information content (AvgIpc) is 2.12. The minimum atomic E-state index is -2.85. The average molecular weight is 368 g/mol. The monoisotopic (exact) mass is 369 g/mol. The van der Waals surface area contributed by atoms with Crippen LogP contribution in [0.15, 0.2) is 24.4 Å². The molecule has 108 valence electrons. The Morgan fingerprint density at radius 1 is 0.737 bits per heavy atom. The molecule has 0 unspecified atom stereocenters. The summed E-state index contributed by atoms with van der Waals surface area (Å²) in [6.45, 7) is 21.9. The summed E-state index contributed by atoms with van der Waals surface area (Å²) in [5.74, 6) is 0. The molecule has 0 aliphatic rings. The van der Waals surface area contributed by atoms with Crippen molar-refractivity contribution in [2.45, 2.75) is 72.6 Å². The number of aromatic nitrogens is 1. The van der Waals surface area contributed by atoms with Crippen molar-refractivity contribution < 1.29 is 0 Å². The molecule has 1 nitrogen and oxygen atoms in total. The predicted octanol–water partition coefficient (Wildman–Crippen LogP) is 5.14. The molecule has 1 heterocycles. The normalized spacial score (nSPS) is 14.6. The van der Waals surface area contributed by atoms with Gasteiger partial charge in [0, 0.05) is 0 Å². The molecule has 0 N–H and O–H groups in total. The van der Waals surface area contributed by atoms with Crippen molar-refractivity contribution in [3.8, 4) is 0 Å². The van der Waals surface area contributed by atoms with Crippen LogP contribution in [0.1, 0.15) is 62.3 Å². The summed E-state index contributed by atoms with van der Waals surface area (Å²) in [4.78, 5) is 4.84. The van der Waals surface area contributed by atoms with Gasteiger partial charge in [0.1, 0.15) is 0 Å². The molecule has 0 spiro atoms. The van der Waals surface area contributed by atoms with E-state index >= 15 is 0 Å². The van der Waals surface area contributed by atoms with Gasteiger partial charge in [-0.05, 0) is 0 Å². The zero-order valence-corrected chi connectivity index (χ0v) is 17.1. The summed E-state index contributed by atoms with van der Waals surface area (Å²) >= 11 is -2.85.